The van der Waals surface area contributed by atoms with E-state index in [0.29, 0.717) is 6.61 Å². The Labute approximate surface area is 163 Å². The number of carbonyl (C=O) groups excluding carboxylic acids is 1. The molecule has 0 unspecified atom stereocenters. The molecular weight excluding hydrogens is 390 g/mol. The Kier molecular flexibility index (Phi) is 4.78. The second kappa shape index (κ2) is 7.07. The summed E-state index contributed by atoms with van der Waals surface area (Å²) in [5.74, 6) is 0. The Balaban J connectivity index is 1.35. The average Bonchev–Trinajstić information content (AvgIpc) is 2.69. The van der Waals surface area contributed by atoms with Crippen LogP contribution in [0.15, 0.2) is 59.1 Å². The molecule has 0 aromatic heterocycles. The molecule has 136 valence electrons. The Morgan fingerprint density at radius 2 is 1.54 bits per heavy atom. The minimum Gasteiger partial charge on any atom is -0.445 e. The number of nitrogens with one attached hydrogen (secondary N) is 1. The van der Waals surface area contributed by atoms with Crippen molar-refractivity contribution >= 4 is 22.0 Å². The summed E-state index contributed by atoms with van der Waals surface area (Å²) in [6.45, 7) is 0.325. The molecule has 2 aromatic rings. The van der Waals surface area contributed by atoms with Crippen LogP contribution in [0.1, 0.15) is 49.7 Å². The van der Waals surface area contributed by atoms with Crippen LogP contribution >= 0.6 is 15.9 Å². The van der Waals surface area contributed by atoms with Gasteiger partial charge in [0.15, 0.2) is 0 Å². The zero-order chi connectivity index (χ0) is 18.0. The van der Waals surface area contributed by atoms with Crippen LogP contribution in [0.3, 0.4) is 0 Å². The maximum atomic E-state index is 12.3. The molecule has 3 nitrogen and oxygen atoms in total. The monoisotopic (exact) mass is 413 g/mol. The maximum Gasteiger partial charge on any atom is 0.407 e. The smallest absolute Gasteiger partial charge is 0.407 e. The molecule has 0 saturated heterocycles. The number of rotatable bonds is 4. The topological polar surface area (TPSA) is 38.3 Å². The number of hydrogen-bond acceptors (Lipinski definition) is 2. The third-order valence-corrected chi connectivity index (χ3v) is 6.81. The first kappa shape index (κ1) is 17.6. The summed E-state index contributed by atoms with van der Waals surface area (Å²) in [4.78, 5) is 12.3. The Morgan fingerprint density at radius 1 is 0.923 bits per heavy atom. The SMILES string of the molecule is O=C(NC12CCC(c3ccc(Br)cc3)(CC1)CC2)OCc1ccccc1. The number of hydrogen-bond donors (Lipinski definition) is 1. The van der Waals surface area contributed by atoms with Gasteiger partial charge in [0.05, 0.1) is 0 Å². The number of benzene rings is 2. The summed E-state index contributed by atoms with van der Waals surface area (Å²) in [5.41, 5.74) is 2.67. The predicted molar refractivity (Wildman–Crippen MR) is 106 cm³/mol. The third kappa shape index (κ3) is 3.52. The van der Waals surface area contributed by atoms with E-state index >= 15 is 0 Å². The predicted octanol–water partition coefficient (Wildman–Crippen LogP) is 5.72. The van der Waals surface area contributed by atoms with Crippen molar-refractivity contribution in [2.75, 3.05) is 0 Å². The van der Waals surface area contributed by atoms with Gasteiger partial charge in [-0.25, -0.2) is 4.79 Å². The van der Waals surface area contributed by atoms with Crippen LogP contribution in [0.5, 0.6) is 0 Å². The van der Waals surface area contributed by atoms with Gasteiger partial charge in [0.25, 0.3) is 0 Å². The average molecular weight is 414 g/mol. The van der Waals surface area contributed by atoms with E-state index in [1.807, 2.05) is 30.3 Å². The highest BCUT2D eigenvalue weighted by atomic mass is 79.9. The summed E-state index contributed by atoms with van der Waals surface area (Å²) < 4.78 is 6.57. The first-order valence-corrected chi connectivity index (χ1v) is 10.1. The van der Waals surface area contributed by atoms with Crippen LogP contribution in [0.4, 0.5) is 4.79 Å². The molecular formula is C22H24BrNO2. The van der Waals surface area contributed by atoms with Gasteiger partial charge in [-0.15, -0.1) is 0 Å². The van der Waals surface area contributed by atoms with Crippen molar-refractivity contribution in [3.63, 3.8) is 0 Å². The molecule has 2 bridgehead atoms. The fraction of sp³-hybridized carbons (Fsp3) is 0.409. The van der Waals surface area contributed by atoms with E-state index in [1.165, 1.54) is 5.56 Å². The molecule has 3 aliphatic carbocycles. The summed E-state index contributed by atoms with van der Waals surface area (Å²) in [5, 5.41) is 3.20. The Bertz CT molecular complexity index is 748. The van der Waals surface area contributed by atoms with E-state index in [9.17, 15) is 4.79 Å². The van der Waals surface area contributed by atoms with E-state index in [-0.39, 0.29) is 17.0 Å². The van der Waals surface area contributed by atoms with E-state index < -0.39 is 0 Å². The molecule has 1 amide bonds. The number of carbonyl (C=O) groups is 1. The standard InChI is InChI=1S/C22H24BrNO2/c23-19-8-6-18(7-9-19)21-10-13-22(14-11-21,15-12-21)24-20(25)26-16-17-4-2-1-3-5-17/h1-9H,10-16H2,(H,24,25). The van der Waals surface area contributed by atoms with Crippen molar-refractivity contribution in [2.45, 2.75) is 56.1 Å². The van der Waals surface area contributed by atoms with Gasteiger partial charge >= 0.3 is 6.09 Å². The molecule has 3 aliphatic rings. The van der Waals surface area contributed by atoms with Crippen molar-refractivity contribution in [2.24, 2.45) is 0 Å². The fourth-order valence-electron chi connectivity index (χ4n) is 4.59. The van der Waals surface area contributed by atoms with Gasteiger partial charge in [-0.1, -0.05) is 58.4 Å². The summed E-state index contributed by atoms with van der Waals surface area (Å²) in [6.07, 6.45) is 6.21. The summed E-state index contributed by atoms with van der Waals surface area (Å²) in [6, 6.07) is 18.6. The van der Waals surface area contributed by atoms with Gasteiger partial charge < -0.3 is 10.1 Å². The van der Waals surface area contributed by atoms with Crippen LogP contribution < -0.4 is 5.32 Å². The van der Waals surface area contributed by atoms with Crippen LogP contribution in [-0.4, -0.2) is 11.6 Å². The van der Waals surface area contributed by atoms with Gasteiger partial charge in [0.1, 0.15) is 6.61 Å². The van der Waals surface area contributed by atoms with Crippen molar-refractivity contribution in [1.29, 1.82) is 0 Å². The van der Waals surface area contributed by atoms with Gasteiger partial charge in [-0.05, 0) is 67.2 Å². The first-order chi connectivity index (χ1) is 12.6. The van der Waals surface area contributed by atoms with Crippen molar-refractivity contribution < 1.29 is 9.53 Å². The number of ether oxygens (including phenoxy) is 1. The lowest BCUT2D eigenvalue weighted by molar-refractivity contribution is 0.0630. The lowest BCUT2D eigenvalue weighted by Gasteiger charge is -2.53. The van der Waals surface area contributed by atoms with Crippen molar-refractivity contribution in [3.05, 3.63) is 70.2 Å². The van der Waals surface area contributed by atoms with E-state index in [0.717, 1.165) is 48.6 Å². The Hall–Kier alpha value is -1.81. The van der Waals surface area contributed by atoms with E-state index in [4.69, 9.17) is 4.74 Å². The van der Waals surface area contributed by atoms with E-state index in [1.54, 1.807) is 0 Å². The molecule has 1 N–H and O–H groups in total. The third-order valence-electron chi connectivity index (χ3n) is 6.28. The molecule has 5 rings (SSSR count). The number of fused-ring (bicyclic) bond motifs is 3. The zero-order valence-electron chi connectivity index (χ0n) is 14.8. The maximum absolute atomic E-state index is 12.3. The van der Waals surface area contributed by atoms with Gasteiger partial charge in [-0.3, -0.25) is 0 Å². The molecule has 26 heavy (non-hydrogen) atoms. The lowest BCUT2D eigenvalue weighted by atomic mass is 9.55. The fourth-order valence-corrected chi connectivity index (χ4v) is 4.85. The highest BCUT2D eigenvalue weighted by Crippen LogP contribution is 2.53. The first-order valence-electron chi connectivity index (χ1n) is 9.34. The molecule has 0 atom stereocenters. The minimum absolute atomic E-state index is 0.0785. The van der Waals surface area contributed by atoms with Gasteiger partial charge in [0, 0.05) is 10.0 Å². The van der Waals surface area contributed by atoms with Gasteiger partial charge in [-0.2, -0.15) is 0 Å². The molecule has 4 heteroatoms. The quantitative estimate of drug-likeness (QED) is 0.695. The normalized spacial score (nSPS) is 27.1. The van der Waals surface area contributed by atoms with E-state index in [2.05, 4.69) is 45.5 Å². The van der Waals surface area contributed by atoms with Crippen LogP contribution in [0.2, 0.25) is 0 Å². The number of alkyl carbamates (subject to hydrolysis) is 1. The van der Waals surface area contributed by atoms with Crippen LogP contribution in [0, 0.1) is 0 Å². The Morgan fingerprint density at radius 3 is 2.15 bits per heavy atom. The highest BCUT2D eigenvalue weighted by molar-refractivity contribution is 9.10. The molecule has 0 spiro atoms. The largest absolute Gasteiger partial charge is 0.445 e. The lowest BCUT2D eigenvalue weighted by Crippen LogP contribution is -2.57. The second-order valence-electron chi connectivity index (χ2n) is 7.75. The summed E-state index contributed by atoms with van der Waals surface area (Å²) in [7, 11) is 0. The molecule has 3 fully saturated rings. The van der Waals surface area contributed by atoms with Crippen LogP contribution in [-0.2, 0) is 16.8 Å². The zero-order valence-corrected chi connectivity index (χ0v) is 16.4. The second-order valence-corrected chi connectivity index (χ2v) is 8.67. The molecule has 2 aromatic carbocycles. The number of amides is 1. The summed E-state index contributed by atoms with van der Waals surface area (Å²) >= 11 is 3.52. The van der Waals surface area contributed by atoms with Crippen molar-refractivity contribution in [1.82, 2.24) is 5.32 Å². The molecule has 3 saturated carbocycles. The van der Waals surface area contributed by atoms with Crippen LogP contribution in [0.25, 0.3) is 0 Å². The van der Waals surface area contributed by atoms with Crippen molar-refractivity contribution in [3.8, 4) is 0 Å². The minimum atomic E-state index is -0.285. The molecule has 0 radical (unpaired) electrons. The highest BCUT2D eigenvalue weighted by Gasteiger charge is 2.50. The molecule has 0 heterocycles. The number of halogens is 1. The van der Waals surface area contributed by atoms with Gasteiger partial charge in [0.2, 0.25) is 0 Å². The molecule has 0 aliphatic heterocycles.